The second-order valence-corrected chi connectivity index (χ2v) is 23.7. The number of ketones is 1. The molecule has 0 bridgehead atoms. The van der Waals surface area contributed by atoms with Crippen LogP contribution in [0.15, 0.2) is 87.3 Å². The fourth-order valence-corrected chi connectivity index (χ4v) is 6.69. The van der Waals surface area contributed by atoms with Gasteiger partial charge in [0.25, 0.3) is 11.8 Å². The largest absolute Gasteiger partial charge is 0.502 e. The monoisotopic (exact) mass is 1430 g/mol. The van der Waals surface area contributed by atoms with Crippen LogP contribution in [0, 0.1) is 16.7 Å². The molecule has 0 spiro atoms. The second-order valence-electron chi connectivity index (χ2n) is 23.7. The Labute approximate surface area is 591 Å². The van der Waals surface area contributed by atoms with E-state index in [0.717, 1.165) is 103 Å². The van der Waals surface area contributed by atoms with Gasteiger partial charge in [0.15, 0.2) is 5.78 Å². The smallest absolute Gasteiger partial charge is 0.422 e. The maximum absolute atomic E-state index is 11.5. The number of imide groups is 1. The fourth-order valence-electron chi connectivity index (χ4n) is 6.69. The van der Waals surface area contributed by atoms with Gasteiger partial charge < -0.3 is 75.8 Å². The Bertz CT molecular complexity index is 2140. The van der Waals surface area contributed by atoms with Crippen molar-refractivity contribution in [3.63, 3.8) is 0 Å². The molecule has 574 valence electrons. The molecular formula is C71H126F3NO22S. The lowest BCUT2D eigenvalue weighted by atomic mass is 9.84. The molecule has 2 amide bonds. The molecule has 8 heterocycles. The molecule has 9 aliphatic rings. The van der Waals surface area contributed by atoms with Crippen molar-refractivity contribution in [3.05, 3.63) is 87.3 Å². The second kappa shape index (κ2) is 61.7. The molecule has 23 nitrogen and oxygen atoms in total. The minimum atomic E-state index is -4.69. The van der Waals surface area contributed by atoms with Crippen LogP contribution in [-0.2, 0) is 105 Å². The van der Waals surface area contributed by atoms with Gasteiger partial charge in [-0.15, -0.1) is 6.58 Å². The highest BCUT2D eigenvalue weighted by atomic mass is 32.1. The summed E-state index contributed by atoms with van der Waals surface area (Å²) in [5.74, 6) is -1.80. The van der Waals surface area contributed by atoms with Gasteiger partial charge in [0.1, 0.15) is 17.3 Å². The molecule has 27 heteroatoms. The molecule has 7 unspecified atom stereocenters. The van der Waals surface area contributed by atoms with Gasteiger partial charge in [-0.05, 0) is 92.4 Å². The lowest BCUT2D eigenvalue weighted by Crippen LogP contribution is -2.43. The lowest BCUT2D eigenvalue weighted by Gasteiger charge is -2.37. The van der Waals surface area contributed by atoms with E-state index < -0.39 is 23.7 Å². The third kappa shape index (κ3) is 64.3. The van der Waals surface area contributed by atoms with Crippen LogP contribution in [0.1, 0.15) is 115 Å². The van der Waals surface area contributed by atoms with Crippen LogP contribution in [-0.4, -0.2) is 244 Å². The summed E-state index contributed by atoms with van der Waals surface area (Å²) in [4.78, 5) is 62.1. The molecular weight excluding hydrogens is 1310 g/mol. The van der Waals surface area contributed by atoms with Crippen LogP contribution in [0.2, 0.25) is 0 Å². The van der Waals surface area contributed by atoms with Gasteiger partial charge in [0.2, 0.25) is 0 Å². The number of nitrogens with zero attached hydrogens (tertiary/aromatic N) is 1. The molecule has 9 rings (SSSR count). The number of likely N-dealkylation sites (N-methyl/N-ethyl adjacent to an activating group) is 1. The Morgan fingerprint density at radius 3 is 1.30 bits per heavy atom. The van der Waals surface area contributed by atoms with Gasteiger partial charge in [-0.1, -0.05) is 73.1 Å². The highest BCUT2D eigenvalue weighted by molar-refractivity contribution is 7.79. The summed E-state index contributed by atoms with van der Waals surface area (Å²) in [5, 5.41) is 0. The van der Waals surface area contributed by atoms with E-state index in [0.29, 0.717) is 60.0 Å². The Hall–Kier alpha value is -5.14. The number of carbonyl (C=O) groups is 6. The molecule has 8 aliphatic heterocycles. The average Bonchev–Trinajstić information content (AvgIpc) is 1.66. The molecule has 7 atom stereocenters. The van der Waals surface area contributed by atoms with E-state index in [2.05, 4.69) is 124 Å². The molecule has 98 heavy (non-hydrogen) atoms. The first-order valence-electron chi connectivity index (χ1n) is 31.9. The number of alkyl halides is 3. The van der Waals surface area contributed by atoms with Crippen molar-refractivity contribution in [3.8, 4) is 0 Å². The molecule has 8 fully saturated rings. The first-order chi connectivity index (χ1) is 45.9. The number of hydrogen-bond acceptors (Lipinski definition) is 23. The summed E-state index contributed by atoms with van der Waals surface area (Å²) >= 11 is 3.53. The first kappa shape index (κ1) is 104. The molecule has 0 aromatic rings. The minimum absolute atomic E-state index is 0.0781. The van der Waals surface area contributed by atoms with Gasteiger partial charge in [0, 0.05) is 90.3 Å². The third-order valence-electron chi connectivity index (χ3n) is 13.3. The van der Waals surface area contributed by atoms with Crippen molar-refractivity contribution in [1.29, 1.82) is 0 Å². The minimum Gasteiger partial charge on any atom is -0.502 e. The highest BCUT2D eigenvalue weighted by Crippen LogP contribution is 2.39. The lowest BCUT2D eigenvalue weighted by molar-refractivity contribution is -0.148. The molecule has 0 radical (unpaired) electrons. The number of allylic oxidation sites excluding steroid dienone is 1. The normalized spacial score (nSPS) is 22.1. The summed E-state index contributed by atoms with van der Waals surface area (Å²) in [6.07, 6.45) is 14.8. The van der Waals surface area contributed by atoms with E-state index in [-0.39, 0.29) is 34.8 Å². The van der Waals surface area contributed by atoms with Gasteiger partial charge in [-0.3, -0.25) is 19.3 Å². The van der Waals surface area contributed by atoms with Crippen molar-refractivity contribution in [1.82, 2.24) is 4.90 Å². The van der Waals surface area contributed by atoms with E-state index in [4.69, 9.17) is 52.1 Å². The van der Waals surface area contributed by atoms with Crippen molar-refractivity contribution >= 4 is 48.1 Å². The molecule has 1 aliphatic carbocycles. The maximum atomic E-state index is 11.5. The van der Waals surface area contributed by atoms with Crippen LogP contribution in [0.4, 0.5) is 13.2 Å². The number of halogens is 3. The average molecular weight is 1430 g/mol. The van der Waals surface area contributed by atoms with Gasteiger partial charge in [0.05, 0.1) is 137 Å². The van der Waals surface area contributed by atoms with Crippen molar-refractivity contribution in [2.75, 3.05) is 156 Å². The van der Waals surface area contributed by atoms with Gasteiger partial charge in [-0.25, -0.2) is 14.4 Å². The number of methoxy groups -OCH3 is 8. The molecule has 0 N–H and O–H groups in total. The maximum Gasteiger partial charge on any atom is 0.422 e. The van der Waals surface area contributed by atoms with Crippen LogP contribution >= 0.6 is 12.6 Å². The van der Waals surface area contributed by atoms with Crippen molar-refractivity contribution in [2.24, 2.45) is 16.7 Å². The summed E-state index contributed by atoms with van der Waals surface area (Å²) in [6, 6.07) is 0. The number of ether oxygens (including phenoxy) is 16. The zero-order valence-corrected chi connectivity index (χ0v) is 64.0. The Morgan fingerprint density at radius 2 is 1.16 bits per heavy atom. The number of hydrogen-bond donors (Lipinski definition) is 1. The number of carbonyl (C=O) groups excluding carboxylic acids is 6. The topological polar surface area (TPSA) is 270 Å². The number of rotatable bonds is 19. The number of amides is 2. The SMILES string of the molecule is C=C(C(=O)OC)C(F)(F)F.C=C(C)C(=O)OC.C=CC(=O)CC.C=CC(=O)OC.C=CCOC.C=COCC.CC1CO1.CC1OC1(C)C.CCCC1(C)COC1.CN1C(=O)C=CC1=O.COCC1(C)CO1.COCC1(C)COC1.COCC1CCC2OC2C1.COCC1CO1.CS. The van der Waals surface area contributed by atoms with Crippen molar-refractivity contribution < 1.29 is 118 Å². The number of thiol groups is 1. The number of epoxide rings is 5. The Morgan fingerprint density at radius 1 is 0.694 bits per heavy atom. The number of esters is 3. The predicted octanol–water partition coefficient (Wildman–Crippen LogP) is 11.3. The summed E-state index contributed by atoms with van der Waals surface area (Å²) in [5.41, 5.74) is 0.107. The molecule has 0 aromatic heterocycles. The zero-order chi connectivity index (χ0) is 77.2. The quantitative estimate of drug-likeness (QED) is 0.0184. The summed E-state index contributed by atoms with van der Waals surface area (Å²) in [6.45, 7) is 52.5. The van der Waals surface area contributed by atoms with Crippen molar-refractivity contribution in [2.45, 2.75) is 163 Å². The van der Waals surface area contributed by atoms with E-state index in [1.54, 1.807) is 54.8 Å². The van der Waals surface area contributed by atoms with E-state index in [1.165, 1.54) is 77.9 Å². The predicted molar refractivity (Wildman–Crippen MR) is 378 cm³/mol. The number of fused-ring (bicyclic) bond motifs is 1. The van der Waals surface area contributed by atoms with E-state index in [9.17, 15) is 41.9 Å². The fraction of sp³-hybridized carbons (Fsp3) is 0.718. The van der Waals surface area contributed by atoms with Crippen LogP contribution in [0.5, 0.6) is 0 Å². The van der Waals surface area contributed by atoms with Crippen LogP contribution in [0.3, 0.4) is 0 Å². The molecule has 7 saturated heterocycles. The zero-order valence-electron chi connectivity index (χ0n) is 63.1. The standard InChI is InChI=1S/C8H14O2.C7H14O.C6H12O2.C5H5F3O2.C5H5NO2.C5H10O2.C5H8O2.C5H10O.C5H8O.C4H8O2.C4H6O2.2C4H8O.C3H6O.CH4S/c1-9-5-6-2-3-7-8(4-6)10-7;1-3-4-7(2)5-8-6-7;1-6(3-7-2)4-8-5-6;1-3(4(9)10-2)5(6,7)8;1-6-4(7)2-3-5(6)8;1-5(3-6-2)4-7-5;1-4(2)5(6)7-3;1-4-5(2,3)6-4;1-3-5(6)4-2;1-5-2-4-3-6-4;1-3-4(5)6-2;1-3-4-5-2;1-3-5-4-2;1-3-2-4-3;1-2/h6-8H,2-5H2,1H3;3-6H2,1-2H3;3-5H2,1-2H3;1H2,2H3;2-3H,1H3;3-4H2,1-2H3;1H2,2-3H3;4H,1-3H3;3H,1,4H2,2H3;4H,2-3H2,1H3;3H,1H2,2H3;2*3H,1,4H2,2H3;3H,2H2,1H3;2H,1H3. The third-order valence-corrected chi connectivity index (χ3v) is 13.3. The first-order valence-corrected chi connectivity index (χ1v) is 32.8. The summed E-state index contributed by atoms with van der Waals surface area (Å²) in [7, 11) is 13.5. The molecule has 0 aromatic carbocycles. The summed E-state index contributed by atoms with van der Waals surface area (Å²) < 4.78 is 111. The Balaban J connectivity index is -0.000000233. The highest BCUT2D eigenvalue weighted by Gasteiger charge is 2.44. The van der Waals surface area contributed by atoms with E-state index in [1.807, 2.05) is 20.8 Å². The van der Waals surface area contributed by atoms with Gasteiger partial charge in [-0.2, -0.15) is 25.8 Å². The van der Waals surface area contributed by atoms with Crippen LogP contribution < -0.4 is 0 Å². The van der Waals surface area contributed by atoms with Crippen LogP contribution in [0.25, 0.3) is 0 Å². The van der Waals surface area contributed by atoms with Gasteiger partial charge >= 0.3 is 24.1 Å². The Kier molecular flexibility index (Phi) is 65.4. The van der Waals surface area contributed by atoms with E-state index >= 15 is 0 Å². The molecule has 1 saturated carbocycles.